The summed E-state index contributed by atoms with van der Waals surface area (Å²) in [4.78, 5) is 22.6. The molecule has 0 atom stereocenters. The van der Waals surface area contributed by atoms with Gasteiger partial charge in [-0.2, -0.15) is 13.2 Å². The highest BCUT2D eigenvalue weighted by Gasteiger charge is 2.34. The fourth-order valence-electron chi connectivity index (χ4n) is 2.86. The van der Waals surface area contributed by atoms with E-state index in [1.807, 2.05) is 0 Å². The lowest BCUT2D eigenvalue weighted by Gasteiger charge is -2.13. The van der Waals surface area contributed by atoms with E-state index in [1.54, 1.807) is 61.8 Å². The molecule has 1 heterocycles. The summed E-state index contributed by atoms with van der Waals surface area (Å²) in [6, 6.07) is 11.7. The number of halogens is 3. The maximum atomic E-state index is 13.0. The van der Waals surface area contributed by atoms with E-state index in [4.69, 9.17) is 0 Å². The summed E-state index contributed by atoms with van der Waals surface area (Å²) in [5.41, 5.74) is 0.660. The molecule has 1 amide bonds. The monoisotopic (exact) mass is 397 g/mol. The Hall–Kier alpha value is -3.48. The molecule has 2 aromatic rings. The summed E-state index contributed by atoms with van der Waals surface area (Å²) in [7, 11) is 0. The van der Waals surface area contributed by atoms with Crippen LogP contribution in [0.1, 0.15) is 18.1 Å². The maximum absolute atomic E-state index is 13.0. The third-order valence-corrected chi connectivity index (χ3v) is 4.17. The van der Waals surface area contributed by atoms with Crippen LogP contribution in [0.2, 0.25) is 0 Å². The van der Waals surface area contributed by atoms with Crippen molar-refractivity contribution in [2.75, 3.05) is 11.4 Å². The smallest absolute Gasteiger partial charge is 0.302 e. The molecule has 148 valence electrons. The number of hydrogen-bond donors (Lipinski definition) is 0. The molecule has 7 heteroatoms. The summed E-state index contributed by atoms with van der Waals surface area (Å²) in [6.07, 6.45) is 4.11. The molecule has 0 saturated carbocycles. The largest absolute Gasteiger partial charge is 0.416 e. The first kappa shape index (κ1) is 20.3. The Kier molecular flexibility index (Phi) is 6.07. The van der Waals surface area contributed by atoms with E-state index in [9.17, 15) is 18.0 Å². The molecule has 0 bridgehead atoms. The Morgan fingerprint density at radius 2 is 1.86 bits per heavy atom. The second-order valence-electron chi connectivity index (χ2n) is 6.12. The number of allylic oxidation sites excluding steroid dienone is 2. The van der Waals surface area contributed by atoms with E-state index in [-0.39, 0.29) is 17.3 Å². The maximum Gasteiger partial charge on any atom is 0.416 e. The Labute approximate surface area is 166 Å². The lowest BCUT2D eigenvalue weighted by atomic mass is 10.1. The SMILES string of the molecule is CC=N/C=C\C=C\CN1C(=O)C(=Nc2cccc(C(F)(F)F)c2)c2ccccc21. The second-order valence-corrected chi connectivity index (χ2v) is 6.12. The van der Waals surface area contributed by atoms with E-state index in [0.717, 1.165) is 12.1 Å². The Bertz CT molecular complexity index is 1020. The van der Waals surface area contributed by atoms with Crippen LogP contribution in [0.5, 0.6) is 0 Å². The average molecular weight is 397 g/mol. The van der Waals surface area contributed by atoms with E-state index in [2.05, 4.69) is 9.98 Å². The predicted molar refractivity (Wildman–Crippen MR) is 109 cm³/mol. The number of fused-ring (bicyclic) bond motifs is 1. The van der Waals surface area contributed by atoms with Gasteiger partial charge in [-0.15, -0.1) is 0 Å². The van der Waals surface area contributed by atoms with Crippen molar-refractivity contribution >= 4 is 29.2 Å². The standard InChI is InChI=1S/C22H18F3N3O/c1-2-26-13-6-3-7-14-28-19-12-5-4-11-18(19)20(21(28)29)27-17-10-8-9-16(15-17)22(23,24)25/h2-13,15H,14H2,1H3/b7-3+,13-6-,26-2?,27-20?. The quantitative estimate of drug-likeness (QED) is 0.497. The van der Waals surface area contributed by atoms with E-state index in [1.165, 1.54) is 17.0 Å². The summed E-state index contributed by atoms with van der Waals surface area (Å²) in [6.45, 7) is 2.11. The van der Waals surface area contributed by atoms with Crippen LogP contribution in [0.3, 0.4) is 0 Å². The third-order valence-electron chi connectivity index (χ3n) is 4.17. The molecule has 0 unspecified atom stereocenters. The van der Waals surface area contributed by atoms with Gasteiger partial charge in [0, 0.05) is 24.5 Å². The molecule has 0 aliphatic carbocycles. The summed E-state index contributed by atoms with van der Waals surface area (Å²) in [5, 5.41) is 0. The molecule has 0 saturated heterocycles. The average Bonchev–Trinajstić information content (AvgIpc) is 2.96. The molecule has 0 fully saturated rings. The number of alkyl halides is 3. The number of rotatable bonds is 5. The van der Waals surface area contributed by atoms with Gasteiger partial charge in [0.25, 0.3) is 5.91 Å². The zero-order chi connectivity index (χ0) is 20.9. The van der Waals surface area contributed by atoms with Gasteiger partial charge in [-0.25, -0.2) is 4.99 Å². The van der Waals surface area contributed by atoms with Gasteiger partial charge >= 0.3 is 6.18 Å². The molecule has 2 aromatic carbocycles. The van der Waals surface area contributed by atoms with Crippen LogP contribution in [0.15, 0.2) is 82.9 Å². The second kappa shape index (κ2) is 8.68. The minimum absolute atomic E-state index is 0.0794. The van der Waals surface area contributed by atoms with Gasteiger partial charge in [0.15, 0.2) is 0 Å². The van der Waals surface area contributed by atoms with Crippen LogP contribution in [0, 0.1) is 0 Å². The van der Waals surface area contributed by atoms with Crippen molar-refractivity contribution < 1.29 is 18.0 Å². The molecule has 4 nitrogen and oxygen atoms in total. The number of aliphatic imine (C=N–C) groups is 2. The molecule has 29 heavy (non-hydrogen) atoms. The lowest BCUT2D eigenvalue weighted by molar-refractivity contribution is -0.137. The topological polar surface area (TPSA) is 45.0 Å². The normalized spacial score (nSPS) is 16.1. The Morgan fingerprint density at radius 3 is 2.62 bits per heavy atom. The molecular weight excluding hydrogens is 379 g/mol. The van der Waals surface area contributed by atoms with Crippen molar-refractivity contribution in [2.45, 2.75) is 13.1 Å². The van der Waals surface area contributed by atoms with E-state index >= 15 is 0 Å². The zero-order valence-electron chi connectivity index (χ0n) is 15.6. The summed E-state index contributed by atoms with van der Waals surface area (Å²) < 4.78 is 38.9. The number of para-hydroxylation sites is 1. The predicted octanol–water partition coefficient (Wildman–Crippen LogP) is 5.33. The molecule has 1 aliphatic heterocycles. The van der Waals surface area contributed by atoms with Gasteiger partial charge < -0.3 is 4.90 Å². The van der Waals surface area contributed by atoms with Crippen LogP contribution in [-0.4, -0.2) is 24.4 Å². The van der Waals surface area contributed by atoms with Crippen LogP contribution < -0.4 is 4.90 Å². The highest BCUT2D eigenvalue weighted by Crippen LogP contribution is 2.33. The van der Waals surface area contributed by atoms with Crippen LogP contribution >= 0.6 is 0 Å². The number of benzene rings is 2. The van der Waals surface area contributed by atoms with Gasteiger partial charge in [0.05, 0.1) is 16.9 Å². The molecular formula is C22H18F3N3O. The molecule has 0 aromatic heterocycles. The van der Waals surface area contributed by atoms with Gasteiger partial charge in [0.1, 0.15) is 5.71 Å². The van der Waals surface area contributed by atoms with E-state index < -0.39 is 11.7 Å². The summed E-state index contributed by atoms with van der Waals surface area (Å²) in [5.74, 6) is -0.358. The summed E-state index contributed by atoms with van der Waals surface area (Å²) >= 11 is 0. The van der Waals surface area contributed by atoms with Crippen LogP contribution in [-0.2, 0) is 11.0 Å². The van der Waals surface area contributed by atoms with E-state index in [0.29, 0.717) is 17.8 Å². The number of carbonyl (C=O) groups excluding carboxylic acids is 1. The fraction of sp³-hybridized carbons (Fsp3) is 0.136. The van der Waals surface area contributed by atoms with Crippen LogP contribution in [0.4, 0.5) is 24.5 Å². The Balaban J connectivity index is 1.91. The molecule has 3 rings (SSSR count). The third kappa shape index (κ3) is 4.68. The van der Waals surface area contributed by atoms with Gasteiger partial charge in [-0.1, -0.05) is 36.4 Å². The first-order chi connectivity index (χ1) is 13.9. The molecule has 0 spiro atoms. The highest BCUT2D eigenvalue weighted by atomic mass is 19.4. The van der Waals surface area contributed by atoms with Crippen LogP contribution in [0.25, 0.3) is 0 Å². The minimum Gasteiger partial charge on any atom is -0.302 e. The number of amides is 1. The zero-order valence-corrected chi connectivity index (χ0v) is 15.6. The number of anilines is 1. The number of hydrogen-bond acceptors (Lipinski definition) is 3. The first-order valence-corrected chi connectivity index (χ1v) is 8.88. The molecule has 0 radical (unpaired) electrons. The molecule has 0 N–H and O–H groups in total. The van der Waals surface area contributed by atoms with Gasteiger partial charge in [-0.3, -0.25) is 9.79 Å². The van der Waals surface area contributed by atoms with Gasteiger partial charge in [-0.05, 0) is 37.3 Å². The number of nitrogens with zero attached hydrogens (tertiary/aromatic N) is 3. The lowest BCUT2D eigenvalue weighted by Crippen LogP contribution is -2.30. The van der Waals surface area contributed by atoms with Gasteiger partial charge in [0.2, 0.25) is 0 Å². The van der Waals surface area contributed by atoms with Crippen molar-refractivity contribution in [3.63, 3.8) is 0 Å². The molecule has 1 aliphatic rings. The first-order valence-electron chi connectivity index (χ1n) is 8.88. The van der Waals surface area contributed by atoms with Crippen molar-refractivity contribution in [3.8, 4) is 0 Å². The number of carbonyl (C=O) groups is 1. The fourth-order valence-corrected chi connectivity index (χ4v) is 2.86. The minimum atomic E-state index is -4.47. The highest BCUT2D eigenvalue weighted by molar-refractivity contribution is 6.54. The van der Waals surface area contributed by atoms with Crippen molar-refractivity contribution in [1.82, 2.24) is 0 Å². The Morgan fingerprint density at radius 1 is 1.07 bits per heavy atom. The van der Waals surface area contributed by atoms with Crippen molar-refractivity contribution in [1.29, 1.82) is 0 Å². The van der Waals surface area contributed by atoms with Crippen molar-refractivity contribution in [2.24, 2.45) is 9.98 Å². The van der Waals surface area contributed by atoms with Crippen molar-refractivity contribution in [3.05, 3.63) is 84.1 Å².